The number of nitrogens with zero attached hydrogens (tertiary/aromatic N) is 2. The SMILES string of the molecule is COc1ccc(Cc2nc3ccccc3n2[C@@H](C)c2ccccc2)cc1. The van der Waals surface area contributed by atoms with E-state index >= 15 is 0 Å². The molecule has 1 atom stereocenters. The van der Waals surface area contributed by atoms with E-state index in [1.54, 1.807) is 7.11 Å². The molecule has 0 spiro atoms. The quantitative estimate of drug-likeness (QED) is 0.495. The van der Waals surface area contributed by atoms with Crippen LogP contribution in [-0.4, -0.2) is 16.7 Å². The van der Waals surface area contributed by atoms with Crippen molar-refractivity contribution in [2.45, 2.75) is 19.4 Å². The van der Waals surface area contributed by atoms with E-state index in [0.717, 1.165) is 23.5 Å². The number of fused-ring (bicyclic) bond motifs is 1. The Balaban J connectivity index is 1.78. The molecule has 3 nitrogen and oxygen atoms in total. The Bertz CT molecular complexity index is 1000. The molecule has 0 saturated carbocycles. The molecule has 0 saturated heterocycles. The summed E-state index contributed by atoms with van der Waals surface area (Å²) in [4.78, 5) is 4.93. The molecule has 1 heterocycles. The molecule has 0 aliphatic rings. The molecule has 0 fully saturated rings. The van der Waals surface area contributed by atoms with Crippen LogP contribution >= 0.6 is 0 Å². The number of imidazole rings is 1. The van der Waals surface area contributed by atoms with Gasteiger partial charge in [0.25, 0.3) is 0 Å². The number of ether oxygens (including phenoxy) is 1. The van der Waals surface area contributed by atoms with Gasteiger partial charge in [-0.1, -0.05) is 54.6 Å². The lowest BCUT2D eigenvalue weighted by molar-refractivity contribution is 0.414. The van der Waals surface area contributed by atoms with E-state index in [1.165, 1.54) is 16.6 Å². The highest BCUT2D eigenvalue weighted by molar-refractivity contribution is 5.76. The maximum atomic E-state index is 5.27. The molecule has 3 heteroatoms. The predicted molar refractivity (Wildman–Crippen MR) is 106 cm³/mol. The van der Waals surface area contributed by atoms with Crippen LogP contribution < -0.4 is 4.74 Å². The number of rotatable bonds is 5. The van der Waals surface area contributed by atoms with Crippen molar-refractivity contribution in [3.8, 4) is 5.75 Å². The monoisotopic (exact) mass is 342 g/mol. The number of benzene rings is 3. The Kier molecular flexibility index (Phi) is 4.44. The molecule has 0 unspecified atom stereocenters. The fourth-order valence-corrected chi connectivity index (χ4v) is 3.46. The van der Waals surface area contributed by atoms with E-state index in [1.807, 2.05) is 18.2 Å². The van der Waals surface area contributed by atoms with Crippen molar-refractivity contribution in [2.75, 3.05) is 7.11 Å². The molecule has 130 valence electrons. The van der Waals surface area contributed by atoms with Crippen LogP contribution in [0.3, 0.4) is 0 Å². The molecular weight excluding hydrogens is 320 g/mol. The largest absolute Gasteiger partial charge is 0.497 e. The third-order valence-corrected chi connectivity index (χ3v) is 4.86. The first-order chi connectivity index (χ1) is 12.8. The first-order valence-electron chi connectivity index (χ1n) is 8.90. The number of aromatic nitrogens is 2. The van der Waals surface area contributed by atoms with Crippen molar-refractivity contribution < 1.29 is 4.74 Å². The van der Waals surface area contributed by atoms with E-state index < -0.39 is 0 Å². The lowest BCUT2D eigenvalue weighted by Gasteiger charge is -2.18. The molecule has 0 aliphatic heterocycles. The van der Waals surface area contributed by atoms with Gasteiger partial charge in [-0.3, -0.25) is 0 Å². The summed E-state index contributed by atoms with van der Waals surface area (Å²) in [6.07, 6.45) is 0.788. The zero-order valence-electron chi connectivity index (χ0n) is 15.1. The minimum atomic E-state index is 0.219. The van der Waals surface area contributed by atoms with Crippen LogP contribution in [-0.2, 0) is 6.42 Å². The molecule has 0 N–H and O–H groups in total. The van der Waals surface area contributed by atoms with Crippen molar-refractivity contribution >= 4 is 11.0 Å². The summed E-state index contributed by atoms with van der Waals surface area (Å²) < 4.78 is 7.62. The van der Waals surface area contributed by atoms with E-state index in [0.29, 0.717) is 0 Å². The Morgan fingerprint density at radius 3 is 2.31 bits per heavy atom. The Hall–Kier alpha value is -3.07. The van der Waals surface area contributed by atoms with E-state index in [2.05, 4.69) is 72.2 Å². The smallest absolute Gasteiger partial charge is 0.118 e. The molecule has 3 aromatic carbocycles. The summed E-state index contributed by atoms with van der Waals surface area (Å²) in [5.41, 5.74) is 4.72. The first-order valence-corrected chi connectivity index (χ1v) is 8.90. The van der Waals surface area contributed by atoms with Gasteiger partial charge in [-0.25, -0.2) is 4.98 Å². The number of para-hydroxylation sites is 2. The maximum Gasteiger partial charge on any atom is 0.118 e. The minimum Gasteiger partial charge on any atom is -0.497 e. The van der Waals surface area contributed by atoms with Gasteiger partial charge in [-0.05, 0) is 42.3 Å². The second-order valence-corrected chi connectivity index (χ2v) is 6.50. The van der Waals surface area contributed by atoms with Crippen LogP contribution in [0.15, 0.2) is 78.9 Å². The zero-order chi connectivity index (χ0) is 17.9. The molecule has 1 aromatic heterocycles. The highest BCUT2D eigenvalue weighted by Crippen LogP contribution is 2.27. The second-order valence-electron chi connectivity index (χ2n) is 6.50. The van der Waals surface area contributed by atoms with Crippen molar-refractivity contribution in [2.24, 2.45) is 0 Å². The fraction of sp³-hybridized carbons (Fsp3) is 0.174. The molecule has 0 aliphatic carbocycles. The first kappa shape index (κ1) is 16.4. The van der Waals surface area contributed by atoms with Gasteiger partial charge in [0.1, 0.15) is 11.6 Å². The summed E-state index contributed by atoms with van der Waals surface area (Å²) in [5, 5.41) is 0. The third-order valence-electron chi connectivity index (χ3n) is 4.86. The average Bonchev–Trinajstić information content (AvgIpc) is 3.06. The van der Waals surface area contributed by atoms with Gasteiger partial charge in [0.05, 0.1) is 24.2 Å². The molecular formula is C23H22N2O. The van der Waals surface area contributed by atoms with Crippen LogP contribution in [0.2, 0.25) is 0 Å². The summed E-state index contributed by atoms with van der Waals surface area (Å²) in [5.74, 6) is 1.95. The van der Waals surface area contributed by atoms with Crippen LogP contribution in [0, 0.1) is 0 Å². The lowest BCUT2D eigenvalue weighted by atomic mass is 10.1. The highest BCUT2D eigenvalue weighted by Gasteiger charge is 2.17. The van der Waals surface area contributed by atoms with Gasteiger partial charge in [0, 0.05) is 6.42 Å². The molecule has 26 heavy (non-hydrogen) atoms. The summed E-state index contributed by atoms with van der Waals surface area (Å²) in [7, 11) is 1.69. The van der Waals surface area contributed by atoms with Gasteiger partial charge in [0.2, 0.25) is 0 Å². The second kappa shape index (κ2) is 7.04. The number of hydrogen-bond donors (Lipinski definition) is 0. The van der Waals surface area contributed by atoms with E-state index in [4.69, 9.17) is 9.72 Å². The Labute approximate surface area is 153 Å². The molecule has 4 aromatic rings. The summed E-state index contributed by atoms with van der Waals surface area (Å²) in [6.45, 7) is 2.24. The van der Waals surface area contributed by atoms with Gasteiger partial charge in [-0.15, -0.1) is 0 Å². The Morgan fingerprint density at radius 2 is 1.58 bits per heavy atom. The van der Waals surface area contributed by atoms with Gasteiger partial charge < -0.3 is 9.30 Å². The van der Waals surface area contributed by atoms with Gasteiger partial charge >= 0.3 is 0 Å². The van der Waals surface area contributed by atoms with Crippen molar-refractivity contribution in [1.29, 1.82) is 0 Å². The summed E-state index contributed by atoms with van der Waals surface area (Å²) >= 11 is 0. The number of hydrogen-bond acceptors (Lipinski definition) is 2. The molecule has 0 radical (unpaired) electrons. The maximum absolute atomic E-state index is 5.27. The van der Waals surface area contributed by atoms with Crippen molar-refractivity contribution in [3.63, 3.8) is 0 Å². The van der Waals surface area contributed by atoms with Gasteiger partial charge in [-0.2, -0.15) is 0 Å². The Morgan fingerprint density at radius 1 is 0.885 bits per heavy atom. The van der Waals surface area contributed by atoms with Crippen LogP contribution in [0.4, 0.5) is 0 Å². The third kappa shape index (κ3) is 3.08. The van der Waals surface area contributed by atoms with Crippen molar-refractivity contribution in [3.05, 3.63) is 95.8 Å². The normalized spacial score (nSPS) is 12.2. The lowest BCUT2D eigenvalue weighted by Crippen LogP contribution is -2.11. The molecule has 4 rings (SSSR count). The average molecular weight is 342 g/mol. The van der Waals surface area contributed by atoms with E-state index in [9.17, 15) is 0 Å². The van der Waals surface area contributed by atoms with Gasteiger partial charge in [0.15, 0.2) is 0 Å². The van der Waals surface area contributed by atoms with Crippen molar-refractivity contribution in [1.82, 2.24) is 9.55 Å². The van der Waals surface area contributed by atoms with E-state index in [-0.39, 0.29) is 6.04 Å². The summed E-state index contributed by atoms with van der Waals surface area (Å²) in [6, 6.07) is 27.4. The minimum absolute atomic E-state index is 0.219. The topological polar surface area (TPSA) is 27.1 Å². The van der Waals surface area contributed by atoms with Crippen LogP contribution in [0.25, 0.3) is 11.0 Å². The zero-order valence-corrected chi connectivity index (χ0v) is 15.1. The van der Waals surface area contributed by atoms with Crippen LogP contribution in [0.5, 0.6) is 5.75 Å². The standard InChI is InChI=1S/C23H22N2O/c1-17(19-8-4-3-5-9-19)25-22-11-7-6-10-21(22)24-23(25)16-18-12-14-20(26-2)15-13-18/h3-15,17H,16H2,1-2H3/t17-/m0/s1. The molecule has 0 bridgehead atoms. The molecule has 0 amide bonds. The number of methoxy groups -OCH3 is 1. The predicted octanol–water partition coefficient (Wildman–Crippen LogP) is 5.25. The highest BCUT2D eigenvalue weighted by atomic mass is 16.5. The fourth-order valence-electron chi connectivity index (χ4n) is 3.46. The van der Waals surface area contributed by atoms with Crippen LogP contribution in [0.1, 0.15) is 29.9 Å².